The van der Waals surface area contributed by atoms with Crippen LogP contribution in [0.3, 0.4) is 0 Å². The SMILES string of the molecule is CC(C)(O)Cn1cc(C(=O)N[C@@H]2CCC[C@H](Nc3c4c(nc5ccc(Cl)cc35)C(F)(F)C=C4)C2)c(Cl)n1. The molecule has 2 heterocycles. The van der Waals surface area contributed by atoms with Crippen molar-refractivity contribution in [2.75, 3.05) is 5.32 Å². The molecule has 0 unspecified atom stereocenters. The Morgan fingerprint density at radius 1 is 1.27 bits per heavy atom. The maximum atomic E-state index is 14.5. The van der Waals surface area contributed by atoms with Gasteiger partial charge >= 0.3 is 5.92 Å². The van der Waals surface area contributed by atoms with Crippen LogP contribution in [0.25, 0.3) is 17.0 Å². The number of halogens is 4. The Labute approximate surface area is 222 Å². The summed E-state index contributed by atoms with van der Waals surface area (Å²) in [5.74, 6) is -3.49. The number of anilines is 1. The number of allylic oxidation sites excluding steroid dienone is 1. The quantitative estimate of drug-likeness (QED) is 0.362. The third kappa shape index (κ3) is 5.44. The van der Waals surface area contributed by atoms with E-state index in [1.165, 1.54) is 17.0 Å². The van der Waals surface area contributed by atoms with Crippen molar-refractivity contribution < 1.29 is 18.7 Å². The molecule has 2 atom stereocenters. The Kier molecular flexibility index (Phi) is 6.66. The minimum absolute atomic E-state index is 0.0654. The Morgan fingerprint density at radius 3 is 2.78 bits per heavy atom. The lowest BCUT2D eigenvalue weighted by Gasteiger charge is -2.32. The summed E-state index contributed by atoms with van der Waals surface area (Å²) < 4.78 is 30.5. The van der Waals surface area contributed by atoms with Gasteiger partial charge in [-0.1, -0.05) is 23.2 Å². The number of rotatable bonds is 6. The number of carbonyl (C=O) groups excluding carboxylic acids is 1. The highest BCUT2D eigenvalue weighted by Crippen LogP contribution is 2.44. The average Bonchev–Trinajstić information content (AvgIpc) is 3.31. The van der Waals surface area contributed by atoms with Crippen molar-refractivity contribution in [3.8, 4) is 0 Å². The van der Waals surface area contributed by atoms with Gasteiger partial charge in [-0.3, -0.25) is 9.48 Å². The van der Waals surface area contributed by atoms with E-state index in [0.29, 0.717) is 33.6 Å². The van der Waals surface area contributed by atoms with Crippen LogP contribution >= 0.6 is 23.2 Å². The monoisotopic (exact) mass is 549 g/mol. The Hall–Kier alpha value is -2.75. The number of nitrogens with zero attached hydrogens (tertiary/aromatic N) is 3. The van der Waals surface area contributed by atoms with Gasteiger partial charge in [-0.05, 0) is 69.9 Å². The first-order chi connectivity index (χ1) is 17.4. The fourth-order valence-corrected chi connectivity index (χ4v) is 5.44. The summed E-state index contributed by atoms with van der Waals surface area (Å²) in [6.07, 6.45) is 6.82. The van der Waals surface area contributed by atoms with Gasteiger partial charge in [-0.2, -0.15) is 13.9 Å². The van der Waals surface area contributed by atoms with Gasteiger partial charge in [0, 0.05) is 34.3 Å². The zero-order valence-corrected chi connectivity index (χ0v) is 21.9. The highest BCUT2D eigenvalue weighted by atomic mass is 35.5. The summed E-state index contributed by atoms with van der Waals surface area (Å²) in [6, 6.07) is 4.79. The first kappa shape index (κ1) is 25.9. The maximum Gasteiger partial charge on any atom is 0.309 e. The summed E-state index contributed by atoms with van der Waals surface area (Å²) in [6.45, 7) is 3.48. The van der Waals surface area contributed by atoms with Crippen LogP contribution in [0.1, 0.15) is 61.1 Å². The van der Waals surface area contributed by atoms with Crippen molar-refractivity contribution in [1.29, 1.82) is 0 Å². The molecular formula is C26H27Cl2F2N5O2. The molecule has 0 aliphatic heterocycles. The molecule has 0 radical (unpaired) electrons. The van der Waals surface area contributed by atoms with E-state index in [-0.39, 0.29) is 40.9 Å². The first-order valence-electron chi connectivity index (χ1n) is 12.1. The lowest BCUT2D eigenvalue weighted by atomic mass is 9.90. The van der Waals surface area contributed by atoms with Crippen LogP contribution in [-0.2, 0) is 12.5 Å². The Balaban J connectivity index is 1.35. The number of carbonyl (C=O) groups is 1. The predicted molar refractivity (Wildman–Crippen MR) is 140 cm³/mol. The van der Waals surface area contributed by atoms with E-state index in [9.17, 15) is 18.7 Å². The molecule has 11 heteroatoms. The first-order valence-corrected chi connectivity index (χ1v) is 12.9. The molecule has 3 N–H and O–H groups in total. The molecule has 2 aliphatic rings. The van der Waals surface area contributed by atoms with Crippen molar-refractivity contribution in [3.05, 3.63) is 57.5 Å². The topological polar surface area (TPSA) is 92.1 Å². The molecule has 0 bridgehead atoms. The molecule has 1 saturated carbocycles. The van der Waals surface area contributed by atoms with E-state index in [1.807, 2.05) is 0 Å². The summed E-state index contributed by atoms with van der Waals surface area (Å²) >= 11 is 12.4. The molecule has 0 saturated heterocycles. The maximum absolute atomic E-state index is 14.5. The average molecular weight is 550 g/mol. The number of aliphatic hydroxyl groups is 1. The molecule has 2 aromatic heterocycles. The van der Waals surface area contributed by atoms with E-state index in [1.54, 1.807) is 32.0 Å². The Morgan fingerprint density at radius 2 is 2.03 bits per heavy atom. The standard InChI is InChI=1S/C26H27Cl2F2N5O2/c1-25(2,37)13-35-12-19(23(28)34-35)24(36)32-16-5-3-4-15(11-16)31-21-17-8-9-26(29,30)22(17)33-20-7-6-14(27)10-18(20)21/h6-10,12,15-16,37H,3-5,11,13H2,1-2H3,(H,31,33)(H,32,36)/t15-,16+/m0/s1. The summed E-state index contributed by atoms with van der Waals surface area (Å²) in [4.78, 5) is 17.2. The number of aromatic nitrogens is 3. The molecule has 7 nitrogen and oxygen atoms in total. The second-order valence-electron chi connectivity index (χ2n) is 10.4. The Bertz CT molecular complexity index is 1400. The van der Waals surface area contributed by atoms with Crippen molar-refractivity contribution in [2.45, 2.75) is 69.7 Å². The van der Waals surface area contributed by atoms with E-state index < -0.39 is 11.5 Å². The van der Waals surface area contributed by atoms with Crippen LogP contribution in [0.5, 0.6) is 0 Å². The number of pyridine rings is 1. The van der Waals surface area contributed by atoms with E-state index in [2.05, 4.69) is 20.7 Å². The summed E-state index contributed by atoms with van der Waals surface area (Å²) in [5.41, 5.74) is 0.323. The second kappa shape index (κ2) is 9.53. The third-order valence-electron chi connectivity index (χ3n) is 6.63. The molecule has 1 fully saturated rings. The van der Waals surface area contributed by atoms with Gasteiger partial charge in [0.05, 0.1) is 28.9 Å². The van der Waals surface area contributed by atoms with Crippen molar-refractivity contribution in [1.82, 2.24) is 20.1 Å². The highest BCUT2D eigenvalue weighted by Gasteiger charge is 2.39. The third-order valence-corrected chi connectivity index (χ3v) is 7.14. The number of amides is 1. The lowest BCUT2D eigenvalue weighted by molar-refractivity contribution is 0.0513. The number of benzene rings is 1. The van der Waals surface area contributed by atoms with E-state index in [4.69, 9.17) is 23.2 Å². The molecule has 5 rings (SSSR count). The van der Waals surface area contributed by atoms with Crippen molar-refractivity contribution >= 4 is 51.8 Å². The molecule has 0 spiro atoms. The predicted octanol–water partition coefficient (Wildman–Crippen LogP) is 5.78. The van der Waals surface area contributed by atoms with Gasteiger partial charge in [0.1, 0.15) is 5.69 Å². The van der Waals surface area contributed by atoms with Crippen LogP contribution in [0.2, 0.25) is 10.2 Å². The van der Waals surface area contributed by atoms with Gasteiger partial charge in [0.2, 0.25) is 0 Å². The van der Waals surface area contributed by atoms with Gasteiger partial charge in [-0.25, -0.2) is 4.98 Å². The van der Waals surface area contributed by atoms with E-state index in [0.717, 1.165) is 25.3 Å². The smallest absolute Gasteiger partial charge is 0.309 e. The summed E-state index contributed by atoms with van der Waals surface area (Å²) in [7, 11) is 0. The molecule has 3 aromatic rings. The molecular weight excluding hydrogens is 523 g/mol. The number of nitrogens with one attached hydrogen (secondary N) is 2. The number of hydrogen-bond donors (Lipinski definition) is 3. The second-order valence-corrected chi connectivity index (χ2v) is 11.2. The highest BCUT2D eigenvalue weighted by molar-refractivity contribution is 6.32. The molecule has 1 aromatic carbocycles. The molecule has 2 aliphatic carbocycles. The molecule has 37 heavy (non-hydrogen) atoms. The number of hydrogen-bond acceptors (Lipinski definition) is 5. The van der Waals surface area contributed by atoms with Crippen LogP contribution in [0.15, 0.2) is 30.5 Å². The van der Waals surface area contributed by atoms with Crippen molar-refractivity contribution in [3.63, 3.8) is 0 Å². The largest absolute Gasteiger partial charge is 0.389 e. The van der Waals surface area contributed by atoms with Crippen LogP contribution in [-0.4, -0.2) is 43.5 Å². The summed E-state index contributed by atoms with van der Waals surface area (Å²) in [5, 5.41) is 21.9. The fraction of sp³-hybridized carbons (Fsp3) is 0.423. The van der Waals surface area contributed by atoms with E-state index >= 15 is 0 Å². The van der Waals surface area contributed by atoms with Gasteiger partial charge in [0.15, 0.2) is 5.15 Å². The molecule has 1 amide bonds. The van der Waals surface area contributed by atoms with Crippen LogP contribution < -0.4 is 10.6 Å². The number of alkyl halides is 2. The minimum Gasteiger partial charge on any atom is -0.389 e. The van der Waals surface area contributed by atoms with Crippen LogP contribution in [0.4, 0.5) is 14.5 Å². The minimum atomic E-state index is -3.14. The van der Waals surface area contributed by atoms with Gasteiger partial charge in [-0.15, -0.1) is 0 Å². The van der Waals surface area contributed by atoms with Crippen molar-refractivity contribution in [2.24, 2.45) is 0 Å². The van der Waals surface area contributed by atoms with Gasteiger partial charge in [0.25, 0.3) is 5.91 Å². The molecule has 196 valence electrons. The lowest BCUT2D eigenvalue weighted by Crippen LogP contribution is -2.42. The van der Waals surface area contributed by atoms with Gasteiger partial charge < -0.3 is 15.7 Å². The number of fused-ring (bicyclic) bond motifs is 2. The van der Waals surface area contributed by atoms with Crippen LogP contribution in [0, 0.1) is 0 Å². The zero-order valence-electron chi connectivity index (χ0n) is 20.4. The fourth-order valence-electron chi connectivity index (χ4n) is 5.04. The zero-order chi connectivity index (χ0) is 26.5. The normalized spacial score (nSPS) is 20.7.